The summed E-state index contributed by atoms with van der Waals surface area (Å²) in [5.41, 5.74) is 2.27. The van der Waals surface area contributed by atoms with Gasteiger partial charge in [0.05, 0.1) is 22.7 Å². The van der Waals surface area contributed by atoms with Crippen LogP contribution in [-0.2, 0) is 4.79 Å². The van der Waals surface area contributed by atoms with E-state index in [9.17, 15) is 9.59 Å². The number of hydrogen-bond donors (Lipinski definition) is 0. The van der Waals surface area contributed by atoms with Gasteiger partial charge in [0.1, 0.15) is 5.69 Å². The molecule has 7 nitrogen and oxygen atoms in total. The summed E-state index contributed by atoms with van der Waals surface area (Å²) in [5, 5.41) is 6.78. The van der Waals surface area contributed by atoms with Gasteiger partial charge >= 0.3 is 0 Å². The molecular weight excluding hydrogens is 446 g/mol. The Labute approximate surface area is 204 Å². The molecule has 0 N–H and O–H groups in total. The molecule has 0 aliphatic carbocycles. The maximum atomic E-state index is 13.6. The smallest absolute Gasteiger partial charge is 0.257 e. The Hall–Kier alpha value is -2.97. The second-order valence-electron chi connectivity index (χ2n) is 9.15. The van der Waals surface area contributed by atoms with Crippen molar-refractivity contribution in [3.8, 4) is 16.3 Å². The van der Waals surface area contributed by atoms with E-state index in [4.69, 9.17) is 5.10 Å². The number of hydrogen-bond acceptors (Lipinski definition) is 5. The first kappa shape index (κ1) is 22.8. The van der Waals surface area contributed by atoms with E-state index in [1.807, 2.05) is 63.8 Å². The van der Waals surface area contributed by atoms with Gasteiger partial charge in [0.25, 0.3) is 5.91 Å². The molecule has 0 spiro atoms. The van der Waals surface area contributed by atoms with Crippen LogP contribution in [-0.4, -0.2) is 81.6 Å². The lowest BCUT2D eigenvalue weighted by Gasteiger charge is -2.38. The normalized spacial score (nSPS) is 19.4. The number of nitrogens with zero attached hydrogens (tertiary/aromatic N) is 5. The van der Waals surface area contributed by atoms with Crippen LogP contribution < -0.4 is 0 Å². The summed E-state index contributed by atoms with van der Waals surface area (Å²) in [5.74, 6) is 0.220. The Morgan fingerprint density at radius 2 is 1.79 bits per heavy atom. The van der Waals surface area contributed by atoms with Crippen LogP contribution in [0.2, 0.25) is 0 Å². The molecule has 2 aliphatic rings. The Bertz CT molecular complexity index is 1120. The van der Waals surface area contributed by atoms with Crippen LogP contribution in [0, 0.1) is 0 Å². The Kier molecular flexibility index (Phi) is 6.78. The van der Waals surface area contributed by atoms with Crippen molar-refractivity contribution in [2.24, 2.45) is 0 Å². The third-order valence-electron chi connectivity index (χ3n) is 6.86. The van der Waals surface area contributed by atoms with Gasteiger partial charge in [0, 0.05) is 45.0 Å². The summed E-state index contributed by atoms with van der Waals surface area (Å²) >= 11 is 1.59. The second kappa shape index (κ2) is 10.1. The summed E-state index contributed by atoms with van der Waals surface area (Å²) in [7, 11) is 0. The van der Waals surface area contributed by atoms with E-state index in [2.05, 4.69) is 11.8 Å². The summed E-state index contributed by atoms with van der Waals surface area (Å²) in [6, 6.07) is 14.2. The lowest BCUT2D eigenvalue weighted by Crippen LogP contribution is -2.53. The van der Waals surface area contributed by atoms with Crippen LogP contribution in [0.3, 0.4) is 0 Å². The number of piperazine rings is 1. The van der Waals surface area contributed by atoms with Crippen molar-refractivity contribution in [3.05, 3.63) is 59.6 Å². The molecule has 2 aliphatic heterocycles. The van der Waals surface area contributed by atoms with Gasteiger partial charge in [0.15, 0.2) is 0 Å². The summed E-state index contributed by atoms with van der Waals surface area (Å²) in [4.78, 5) is 33.5. The highest BCUT2D eigenvalue weighted by Gasteiger charge is 2.29. The molecule has 0 bridgehead atoms. The highest BCUT2D eigenvalue weighted by Crippen LogP contribution is 2.29. The average Bonchev–Trinajstić information content (AvgIpc) is 3.55. The number of piperidine rings is 1. The minimum absolute atomic E-state index is 0.00112. The number of carbonyl (C=O) groups excluding carboxylic acids is 2. The topological polar surface area (TPSA) is 61.7 Å². The van der Waals surface area contributed by atoms with Gasteiger partial charge in [-0.25, -0.2) is 4.68 Å². The molecule has 3 aromatic rings. The number of carbonyl (C=O) groups is 2. The lowest BCUT2D eigenvalue weighted by atomic mass is 10.0. The van der Waals surface area contributed by atoms with E-state index in [1.165, 1.54) is 6.42 Å². The van der Waals surface area contributed by atoms with E-state index >= 15 is 0 Å². The van der Waals surface area contributed by atoms with E-state index in [0.717, 1.165) is 35.6 Å². The van der Waals surface area contributed by atoms with Gasteiger partial charge in [-0.15, -0.1) is 11.3 Å². The van der Waals surface area contributed by atoms with Crippen LogP contribution in [0.25, 0.3) is 16.3 Å². The second-order valence-corrected chi connectivity index (χ2v) is 10.1. The van der Waals surface area contributed by atoms with Crippen molar-refractivity contribution in [2.75, 3.05) is 39.3 Å². The quantitative estimate of drug-likeness (QED) is 0.561. The van der Waals surface area contributed by atoms with E-state index in [0.29, 0.717) is 44.3 Å². The van der Waals surface area contributed by atoms with Crippen molar-refractivity contribution in [1.29, 1.82) is 0 Å². The molecule has 0 saturated carbocycles. The monoisotopic (exact) mass is 477 g/mol. The number of likely N-dealkylation sites (tertiary alicyclic amines) is 1. The molecular formula is C26H31N5O2S. The molecule has 1 unspecified atom stereocenters. The molecule has 2 amide bonds. The van der Waals surface area contributed by atoms with Gasteiger partial charge in [-0.3, -0.25) is 14.5 Å². The molecule has 2 saturated heterocycles. The number of para-hydroxylation sites is 1. The number of rotatable bonds is 5. The molecule has 5 rings (SSSR count). The third-order valence-corrected chi connectivity index (χ3v) is 7.74. The molecule has 0 radical (unpaired) electrons. The number of aromatic nitrogens is 2. The Morgan fingerprint density at radius 1 is 1.00 bits per heavy atom. The minimum Gasteiger partial charge on any atom is -0.339 e. The molecule has 4 heterocycles. The maximum Gasteiger partial charge on any atom is 0.257 e. The van der Waals surface area contributed by atoms with Crippen molar-refractivity contribution >= 4 is 23.2 Å². The molecule has 178 valence electrons. The highest BCUT2D eigenvalue weighted by molar-refractivity contribution is 7.13. The third kappa shape index (κ3) is 4.79. The van der Waals surface area contributed by atoms with Gasteiger partial charge in [0.2, 0.25) is 5.91 Å². The number of thiophene rings is 1. The zero-order chi connectivity index (χ0) is 23.5. The number of amides is 2. The average molecular weight is 478 g/mol. The van der Waals surface area contributed by atoms with Crippen LogP contribution >= 0.6 is 11.3 Å². The fraction of sp³-hybridized carbons (Fsp3) is 0.423. The lowest BCUT2D eigenvalue weighted by molar-refractivity contribution is -0.136. The largest absolute Gasteiger partial charge is 0.339 e. The molecule has 1 atom stereocenters. The zero-order valence-electron chi connectivity index (χ0n) is 19.6. The van der Waals surface area contributed by atoms with E-state index < -0.39 is 0 Å². The SMILES string of the molecule is CC1CCCCN1C(=O)CN1CCN(C(=O)c2cn(-c3ccccc3)nc2-c2cccs2)CC1. The van der Waals surface area contributed by atoms with Crippen molar-refractivity contribution in [1.82, 2.24) is 24.5 Å². The van der Waals surface area contributed by atoms with E-state index in [-0.39, 0.29) is 11.8 Å². The fourth-order valence-corrected chi connectivity index (χ4v) is 5.59. The predicted molar refractivity (Wildman–Crippen MR) is 134 cm³/mol. The molecule has 34 heavy (non-hydrogen) atoms. The van der Waals surface area contributed by atoms with Crippen molar-refractivity contribution in [2.45, 2.75) is 32.2 Å². The fourth-order valence-electron chi connectivity index (χ4n) is 4.87. The molecule has 2 fully saturated rings. The van der Waals surface area contributed by atoms with E-state index in [1.54, 1.807) is 16.0 Å². The number of benzene rings is 1. The van der Waals surface area contributed by atoms with Crippen LogP contribution in [0.1, 0.15) is 36.5 Å². The van der Waals surface area contributed by atoms with Gasteiger partial charge in [-0.2, -0.15) is 5.10 Å². The van der Waals surface area contributed by atoms with Crippen molar-refractivity contribution in [3.63, 3.8) is 0 Å². The maximum absolute atomic E-state index is 13.6. The first-order valence-electron chi connectivity index (χ1n) is 12.1. The molecule has 2 aromatic heterocycles. The predicted octanol–water partition coefficient (Wildman–Crippen LogP) is 3.76. The van der Waals surface area contributed by atoms with Crippen molar-refractivity contribution < 1.29 is 9.59 Å². The first-order valence-corrected chi connectivity index (χ1v) is 13.0. The van der Waals surface area contributed by atoms with Crippen LogP contribution in [0.4, 0.5) is 0 Å². The van der Waals surface area contributed by atoms with Gasteiger partial charge in [-0.05, 0) is 49.8 Å². The van der Waals surface area contributed by atoms with Gasteiger partial charge in [-0.1, -0.05) is 24.3 Å². The Balaban J connectivity index is 1.27. The zero-order valence-corrected chi connectivity index (χ0v) is 20.4. The molecule has 8 heteroatoms. The van der Waals surface area contributed by atoms with Gasteiger partial charge < -0.3 is 9.80 Å². The van der Waals surface area contributed by atoms with Crippen LogP contribution in [0.5, 0.6) is 0 Å². The highest BCUT2D eigenvalue weighted by atomic mass is 32.1. The summed E-state index contributed by atoms with van der Waals surface area (Å²) in [6.07, 6.45) is 5.25. The summed E-state index contributed by atoms with van der Waals surface area (Å²) in [6.45, 7) is 6.11. The first-order chi connectivity index (χ1) is 16.6. The van der Waals surface area contributed by atoms with Crippen LogP contribution in [0.15, 0.2) is 54.0 Å². The Morgan fingerprint density at radius 3 is 2.50 bits per heavy atom. The standard InChI is InChI=1S/C26H31N5O2S/c1-20-8-5-6-12-30(20)24(32)19-28-13-15-29(16-14-28)26(33)22-18-31(21-9-3-2-4-10-21)27-25(22)23-11-7-17-34-23/h2-4,7,9-11,17-18,20H,5-6,8,12-16,19H2,1H3. The summed E-state index contributed by atoms with van der Waals surface area (Å²) < 4.78 is 1.79. The molecule has 1 aromatic carbocycles. The minimum atomic E-state index is 0.00112.